The summed E-state index contributed by atoms with van der Waals surface area (Å²) in [4.78, 5) is 17.9. The second-order valence-electron chi connectivity index (χ2n) is 9.15. The molecule has 0 saturated heterocycles. The van der Waals surface area contributed by atoms with Crippen molar-refractivity contribution in [2.75, 3.05) is 18.5 Å². The summed E-state index contributed by atoms with van der Waals surface area (Å²) in [6.45, 7) is 2.68. The molecule has 0 fully saturated rings. The minimum atomic E-state index is -0.528. The number of nitrogens with one attached hydrogen (secondary N) is 1. The molecule has 2 atom stereocenters. The number of ether oxygens (including phenoxy) is 2. The first-order valence-electron chi connectivity index (χ1n) is 12.5. The van der Waals surface area contributed by atoms with Crippen LogP contribution in [0.5, 0.6) is 0 Å². The minimum absolute atomic E-state index is 0.00332. The second-order valence-corrected chi connectivity index (χ2v) is 10.2. The van der Waals surface area contributed by atoms with Crippen molar-refractivity contribution in [3.8, 4) is 10.6 Å². The van der Waals surface area contributed by atoms with Crippen LogP contribution in [0.3, 0.4) is 0 Å². The minimum Gasteiger partial charge on any atom is -0.459 e. The lowest BCUT2D eigenvalue weighted by atomic mass is 9.93. The van der Waals surface area contributed by atoms with E-state index in [2.05, 4.69) is 24.4 Å². The second kappa shape index (κ2) is 11.7. The van der Waals surface area contributed by atoms with E-state index in [1.807, 2.05) is 66.7 Å². The van der Waals surface area contributed by atoms with Crippen LogP contribution in [0.2, 0.25) is 0 Å². The zero-order valence-corrected chi connectivity index (χ0v) is 21.5. The third-order valence-corrected chi connectivity index (χ3v) is 7.37. The summed E-state index contributed by atoms with van der Waals surface area (Å²) < 4.78 is 13.0. The molecule has 37 heavy (non-hydrogen) atoms. The van der Waals surface area contributed by atoms with Crippen molar-refractivity contribution in [2.24, 2.45) is 0 Å². The molecule has 6 nitrogen and oxygen atoms in total. The summed E-state index contributed by atoms with van der Waals surface area (Å²) in [5, 5.41) is 12.9. The van der Waals surface area contributed by atoms with Crippen LogP contribution in [0.25, 0.3) is 20.8 Å². The Morgan fingerprint density at radius 2 is 1.92 bits per heavy atom. The molecule has 0 unspecified atom stereocenters. The lowest BCUT2D eigenvalue weighted by Gasteiger charge is -2.29. The van der Waals surface area contributed by atoms with Gasteiger partial charge in [0.1, 0.15) is 5.01 Å². The molecule has 2 N–H and O–H groups in total. The van der Waals surface area contributed by atoms with Crippen molar-refractivity contribution in [2.45, 2.75) is 38.4 Å². The van der Waals surface area contributed by atoms with E-state index in [0.717, 1.165) is 32.8 Å². The zero-order valence-electron chi connectivity index (χ0n) is 20.7. The lowest BCUT2D eigenvalue weighted by molar-refractivity contribution is -0.143. The van der Waals surface area contributed by atoms with Crippen molar-refractivity contribution in [1.29, 1.82) is 0 Å². The van der Waals surface area contributed by atoms with E-state index in [1.54, 1.807) is 11.3 Å². The summed E-state index contributed by atoms with van der Waals surface area (Å²) in [5.41, 5.74) is 5.00. The Morgan fingerprint density at radius 3 is 2.70 bits per heavy atom. The number of amides is 1. The number of carbonyl (C=O) groups is 1. The van der Waals surface area contributed by atoms with Crippen molar-refractivity contribution in [3.63, 3.8) is 0 Å². The standard InChI is InChI=1S/C30H30N2O4S/c1-20-9-14-25-27(17-20)37-30(32-25)22-10-12-24(13-11-22)31-29(34)26-18-23(21-7-3-2-4-8-21)19-28(36-26)35-16-6-5-15-33/h2-4,7-14,17-18,23,28,33H,5-6,15-16,19H2,1H3,(H,31,34)/t23-,28+/m0/s1. The van der Waals surface area contributed by atoms with Gasteiger partial charge in [-0.2, -0.15) is 0 Å². The van der Waals surface area contributed by atoms with E-state index >= 15 is 0 Å². The van der Waals surface area contributed by atoms with Crippen LogP contribution in [0.15, 0.2) is 84.6 Å². The smallest absolute Gasteiger partial charge is 0.290 e. The van der Waals surface area contributed by atoms with Gasteiger partial charge < -0.3 is 19.9 Å². The van der Waals surface area contributed by atoms with Gasteiger partial charge in [-0.25, -0.2) is 4.98 Å². The Labute approximate surface area is 220 Å². The van der Waals surface area contributed by atoms with Crippen molar-refractivity contribution in [1.82, 2.24) is 4.98 Å². The molecule has 4 aromatic rings. The van der Waals surface area contributed by atoms with Gasteiger partial charge in [0.25, 0.3) is 5.91 Å². The number of allylic oxidation sites excluding steroid dienone is 1. The molecule has 1 aromatic heterocycles. The van der Waals surface area contributed by atoms with Gasteiger partial charge >= 0.3 is 0 Å². The number of aromatic nitrogens is 1. The van der Waals surface area contributed by atoms with Gasteiger partial charge in [-0.1, -0.05) is 36.4 Å². The Hall–Kier alpha value is -3.52. The molecular weight excluding hydrogens is 484 g/mol. The molecule has 5 rings (SSSR count). The van der Waals surface area contributed by atoms with E-state index in [4.69, 9.17) is 19.6 Å². The van der Waals surface area contributed by atoms with E-state index in [1.165, 1.54) is 5.56 Å². The monoisotopic (exact) mass is 514 g/mol. The van der Waals surface area contributed by atoms with Gasteiger partial charge in [0.15, 0.2) is 5.76 Å². The Kier molecular flexibility index (Phi) is 7.94. The van der Waals surface area contributed by atoms with Crippen LogP contribution < -0.4 is 5.32 Å². The molecule has 0 aliphatic carbocycles. The highest BCUT2D eigenvalue weighted by atomic mass is 32.1. The van der Waals surface area contributed by atoms with Crippen LogP contribution in [0.1, 0.15) is 36.3 Å². The number of hydrogen-bond acceptors (Lipinski definition) is 6. The summed E-state index contributed by atoms with van der Waals surface area (Å²) in [5.74, 6) is -0.0609. The van der Waals surface area contributed by atoms with E-state index in [0.29, 0.717) is 25.1 Å². The van der Waals surface area contributed by atoms with Crippen molar-refractivity contribution in [3.05, 3.63) is 95.8 Å². The Morgan fingerprint density at radius 1 is 1.11 bits per heavy atom. The zero-order chi connectivity index (χ0) is 25.6. The number of fused-ring (bicyclic) bond motifs is 1. The normalized spacial score (nSPS) is 17.3. The van der Waals surface area contributed by atoms with Crippen LogP contribution in [-0.4, -0.2) is 35.5 Å². The SMILES string of the molecule is Cc1ccc2nc(-c3ccc(NC(=O)C4=C[C@H](c5ccccc5)C[C@H](OCCCCO)O4)cc3)sc2c1. The molecule has 7 heteroatoms. The molecule has 3 aromatic carbocycles. The van der Waals surface area contributed by atoms with Gasteiger partial charge in [0.05, 0.1) is 16.8 Å². The number of carbonyl (C=O) groups excluding carboxylic acids is 1. The van der Waals surface area contributed by atoms with E-state index in [9.17, 15) is 4.79 Å². The Balaban J connectivity index is 1.29. The third-order valence-electron chi connectivity index (χ3n) is 6.30. The highest BCUT2D eigenvalue weighted by molar-refractivity contribution is 7.21. The summed E-state index contributed by atoms with van der Waals surface area (Å²) in [6.07, 6.45) is 3.37. The number of nitrogens with zero attached hydrogens (tertiary/aromatic N) is 1. The molecule has 2 heterocycles. The van der Waals surface area contributed by atoms with E-state index < -0.39 is 6.29 Å². The van der Waals surface area contributed by atoms with Gasteiger partial charge in [-0.3, -0.25) is 4.79 Å². The molecule has 0 bridgehead atoms. The maximum atomic E-state index is 13.2. The molecule has 1 aliphatic rings. The van der Waals surface area contributed by atoms with Crippen molar-refractivity contribution < 1.29 is 19.4 Å². The van der Waals surface area contributed by atoms with E-state index in [-0.39, 0.29) is 24.2 Å². The number of unbranched alkanes of at least 4 members (excludes halogenated alkanes) is 1. The number of thiazole rings is 1. The number of aliphatic hydroxyl groups is 1. The molecule has 1 amide bonds. The maximum absolute atomic E-state index is 13.2. The molecule has 1 aliphatic heterocycles. The number of aryl methyl sites for hydroxylation is 1. The van der Waals surface area contributed by atoms with Crippen LogP contribution in [-0.2, 0) is 14.3 Å². The molecule has 190 valence electrons. The fourth-order valence-corrected chi connectivity index (χ4v) is 5.39. The average molecular weight is 515 g/mol. The number of benzene rings is 3. The molecular formula is C30H30N2O4S. The molecule has 0 spiro atoms. The first kappa shape index (κ1) is 25.1. The summed E-state index contributed by atoms with van der Waals surface area (Å²) >= 11 is 1.66. The fourth-order valence-electron chi connectivity index (χ4n) is 4.32. The number of anilines is 1. The third kappa shape index (κ3) is 6.25. The lowest BCUT2D eigenvalue weighted by Crippen LogP contribution is -2.29. The molecule has 0 saturated carbocycles. The highest BCUT2D eigenvalue weighted by Crippen LogP contribution is 2.33. The van der Waals surface area contributed by atoms with Gasteiger partial charge in [-0.05, 0) is 73.4 Å². The van der Waals surface area contributed by atoms with Crippen LogP contribution >= 0.6 is 11.3 Å². The number of rotatable bonds is 9. The summed E-state index contributed by atoms with van der Waals surface area (Å²) in [6, 6.07) is 24.0. The molecule has 0 radical (unpaired) electrons. The topological polar surface area (TPSA) is 80.7 Å². The predicted molar refractivity (Wildman–Crippen MR) is 147 cm³/mol. The maximum Gasteiger partial charge on any atom is 0.290 e. The van der Waals surface area contributed by atoms with Crippen LogP contribution in [0.4, 0.5) is 5.69 Å². The average Bonchev–Trinajstić information content (AvgIpc) is 3.35. The number of hydrogen-bond donors (Lipinski definition) is 2. The highest BCUT2D eigenvalue weighted by Gasteiger charge is 2.28. The Bertz CT molecular complexity index is 1380. The summed E-state index contributed by atoms with van der Waals surface area (Å²) in [7, 11) is 0. The predicted octanol–water partition coefficient (Wildman–Crippen LogP) is 6.41. The number of aliphatic hydroxyl groups excluding tert-OH is 1. The first-order valence-corrected chi connectivity index (χ1v) is 13.4. The quantitative estimate of drug-likeness (QED) is 0.252. The van der Waals surface area contributed by atoms with Crippen LogP contribution in [0, 0.1) is 6.92 Å². The fraction of sp³-hybridized carbons (Fsp3) is 0.267. The largest absolute Gasteiger partial charge is 0.459 e. The van der Waals surface area contributed by atoms with Gasteiger partial charge in [-0.15, -0.1) is 11.3 Å². The van der Waals surface area contributed by atoms with Crippen molar-refractivity contribution >= 4 is 33.1 Å². The van der Waals surface area contributed by atoms with Gasteiger partial charge in [0, 0.05) is 30.2 Å². The van der Waals surface area contributed by atoms with Gasteiger partial charge in [0.2, 0.25) is 6.29 Å². The first-order chi connectivity index (χ1) is 18.1.